The Morgan fingerprint density at radius 2 is 2.07 bits per heavy atom. The predicted molar refractivity (Wildman–Crippen MR) is 107 cm³/mol. The van der Waals surface area contributed by atoms with Crippen LogP contribution in [0.4, 0.5) is 0 Å². The highest BCUT2D eigenvalue weighted by atomic mass is 32.2. The highest BCUT2D eigenvalue weighted by molar-refractivity contribution is 7.99. The fourth-order valence-corrected chi connectivity index (χ4v) is 4.18. The number of aromatic nitrogens is 3. The summed E-state index contributed by atoms with van der Waals surface area (Å²) in [5.74, 6) is 2.01. The van der Waals surface area contributed by atoms with Gasteiger partial charge >= 0.3 is 0 Å². The van der Waals surface area contributed by atoms with Crippen LogP contribution in [0.1, 0.15) is 55.7 Å². The summed E-state index contributed by atoms with van der Waals surface area (Å²) in [6.07, 6.45) is 4.38. The number of nitrogens with one attached hydrogen (secondary N) is 1. The van der Waals surface area contributed by atoms with Crippen molar-refractivity contribution in [3.05, 3.63) is 35.2 Å². The zero-order valence-corrected chi connectivity index (χ0v) is 17.3. The molecule has 1 N–H and O–H groups in total. The number of hydrogen-bond donors (Lipinski definition) is 1. The first-order chi connectivity index (χ1) is 12.9. The first-order valence-electron chi connectivity index (χ1n) is 9.49. The highest BCUT2D eigenvalue weighted by Crippen LogP contribution is 2.26. The van der Waals surface area contributed by atoms with Crippen molar-refractivity contribution in [3.8, 4) is 5.75 Å². The molecule has 0 aliphatic heterocycles. The van der Waals surface area contributed by atoms with Crippen LogP contribution >= 0.6 is 11.8 Å². The largest absolute Gasteiger partial charge is 0.482 e. The Labute approximate surface area is 165 Å². The molecule has 146 valence electrons. The van der Waals surface area contributed by atoms with Gasteiger partial charge in [0.2, 0.25) is 5.91 Å². The van der Waals surface area contributed by atoms with Crippen LogP contribution in [-0.4, -0.2) is 32.5 Å². The number of rotatable bonds is 7. The number of benzene rings is 1. The monoisotopic (exact) mass is 388 g/mol. The Morgan fingerprint density at radius 1 is 1.33 bits per heavy atom. The molecule has 2 aromatic rings. The average Bonchev–Trinajstić information content (AvgIpc) is 3.25. The number of hydrogen-bond acceptors (Lipinski definition) is 5. The molecular formula is C20H28N4O2S. The van der Waals surface area contributed by atoms with Crippen molar-refractivity contribution in [2.45, 2.75) is 63.8 Å². The molecule has 1 aliphatic carbocycles. The van der Waals surface area contributed by atoms with E-state index in [2.05, 4.69) is 28.5 Å². The van der Waals surface area contributed by atoms with Gasteiger partial charge in [0.25, 0.3) is 0 Å². The van der Waals surface area contributed by atoms with Gasteiger partial charge in [-0.05, 0) is 45.2 Å². The van der Waals surface area contributed by atoms with Gasteiger partial charge in [-0.25, -0.2) is 0 Å². The number of amides is 1. The van der Waals surface area contributed by atoms with E-state index in [9.17, 15) is 4.79 Å². The zero-order chi connectivity index (χ0) is 19.4. The number of carbonyl (C=O) groups is 1. The second-order valence-electron chi connectivity index (χ2n) is 7.27. The molecule has 1 aromatic carbocycles. The number of nitrogens with zero attached hydrogens (tertiary/aromatic N) is 3. The quantitative estimate of drug-likeness (QED) is 0.732. The second kappa shape index (κ2) is 8.78. The van der Waals surface area contributed by atoms with Crippen LogP contribution in [0.15, 0.2) is 23.4 Å². The van der Waals surface area contributed by atoms with E-state index in [4.69, 9.17) is 4.74 Å². The van der Waals surface area contributed by atoms with Crippen LogP contribution in [0.3, 0.4) is 0 Å². The Hall–Kier alpha value is -2.02. The molecule has 0 radical (unpaired) electrons. The van der Waals surface area contributed by atoms with Crippen molar-refractivity contribution in [2.24, 2.45) is 7.05 Å². The number of aryl methyl sites for hydroxylation is 2. The Kier molecular flexibility index (Phi) is 6.42. The maximum absolute atomic E-state index is 12.1. The fraction of sp³-hybridized carbons (Fsp3) is 0.550. The molecule has 1 unspecified atom stereocenters. The third-order valence-corrected chi connectivity index (χ3v) is 5.94. The van der Waals surface area contributed by atoms with Crippen molar-refractivity contribution in [3.63, 3.8) is 0 Å². The number of carbonyl (C=O) groups excluding carboxylic acids is 1. The van der Waals surface area contributed by atoms with Crippen molar-refractivity contribution in [2.75, 3.05) is 5.75 Å². The van der Waals surface area contributed by atoms with E-state index in [1.807, 2.05) is 37.6 Å². The molecule has 1 amide bonds. The van der Waals surface area contributed by atoms with E-state index in [-0.39, 0.29) is 12.0 Å². The van der Waals surface area contributed by atoms with Gasteiger partial charge in [0, 0.05) is 13.1 Å². The lowest BCUT2D eigenvalue weighted by Gasteiger charge is -2.16. The summed E-state index contributed by atoms with van der Waals surface area (Å²) in [4.78, 5) is 12.1. The van der Waals surface area contributed by atoms with Gasteiger partial charge in [0.1, 0.15) is 5.75 Å². The Bertz CT molecular complexity index is 799. The van der Waals surface area contributed by atoms with Gasteiger partial charge < -0.3 is 14.6 Å². The van der Waals surface area contributed by atoms with Gasteiger partial charge in [-0.15, -0.1) is 10.2 Å². The van der Waals surface area contributed by atoms with E-state index in [0.717, 1.165) is 35.1 Å². The van der Waals surface area contributed by atoms with E-state index in [1.54, 1.807) is 0 Å². The Morgan fingerprint density at radius 3 is 2.78 bits per heavy atom. The lowest BCUT2D eigenvalue weighted by molar-refractivity contribution is -0.119. The minimum atomic E-state index is -0.231. The normalized spacial score (nSPS) is 15.7. The predicted octanol–water partition coefficient (Wildman–Crippen LogP) is 3.72. The van der Waals surface area contributed by atoms with Gasteiger partial charge in [0.05, 0.1) is 5.75 Å². The average molecular weight is 389 g/mol. The van der Waals surface area contributed by atoms with E-state index in [1.165, 1.54) is 30.2 Å². The molecule has 1 saturated carbocycles. The summed E-state index contributed by atoms with van der Waals surface area (Å²) in [7, 11) is 1.91. The summed E-state index contributed by atoms with van der Waals surface area (Å²) in [6, 6.07) is 6.47. The molecular weight excluding hydrogens is 360 g/mol. The lowest BCUT2D eigenvalue weighted by atomic mass is 10.1. The van der Waals surface area contributed by atoms with Crippen molar-refractivity contribution >= 4 is 17.7 Å². The fourth-order valence-electron chi connectivity index (χ4n) is 3.45. The standard InChI is InChI=1S/C20H28N4O2S/c1-13-9-10-17(14(2)11-13)26-15(3)19-22-23-20(24(19)4)27-12-18(25)21-16-7-5-6-8-16/h9-11,15-16H,5-8,12H2,1-4H3,(H,21,25). The summed E-state index contributed by atoms with van der Waals surface area (Å²) in [5, 5.41) is 12.3. The molecule has 0 spiro atoms. The molecule has 27 heavy (non-hydrogen) atoms. The van der Waals surface area contributed by atoms with Gasteiger partial charge in [-0.3, -0.25) is 4.79 Å². The van der Waals surface area contributed by atoms with Crippen molar-refractivity contribution < 1.29 is 9.53 Å². The van der Waals surface area contributed by atoms with Crippen molar-refractivity contribution in [1.29, 1.82) is 0 Å². The minimum absolute atomic E-state index is 0.0658. The molecule has 6 nitrogen and oxygen atoms in total. The summed E-state index contributed by atoms with van der Waals surface area (Å²) < 4.78 is 7.99. The summed E-state index contributed by atoms with van der Waals surface area (Å²) >= 11 is 1.41. The molecule has 1 atom stereocenters. The highest BCUT2D eigenvalue weighted by Gasteiger charge is 2.20. The van der Waals surface area contributed by atoms with E-state index in [0.29, 0.717) is 11.8 Å². The van der Waals surface area contributed by atoms with Crippen LogP contribution < -0.4 is 10.1 Å². The number of thioether (sulfide) groups is 1. The molecule has 3 rings (SSSR count). The summed E-state index contributed by atoms with van der Waals surface area (Å²) in [6.45, 7) is 6.07. The maximum Gasteiger partial charge on any atom is 0.230 e. The van der Waals surface area contributed by atoms with Crippen molar-refractivity contribution in [1.82, 2.24) is 20.1 Å². The van der Waals surface area contributed by atoms with Crippen LogP contribution in [0.2, 0.25) is 0 Å². The zero-order valence-electron chi connectivity index (χ0n) is 16.5. The van der Waals surface area contributed by atoms with E-state index >= 15 is 0 Å². The molecule has 1 aliphatic rings. The van der Waals surface area contributed by atoms with Crippen LogP contribution in [0.5, 0.6) is 5.75 Å². The smallest absolute Gasteiger partial charge is 0.230 e. The van der Waals surface area contributed by atoms with Crippen LogP contribution in [0.25, 0.3) is 0 Å². The first-order valence-corrected chi connectivity index (χ1v) is 10.5. The van der Waals surface area contributed by atoms with Crippen LogP contribution in [0, 0.1) is 13.8 Å². The maximum atomic E-state index is 12.1. The molecule has 1 heterocycles. The number of ether oxygens (including phenoxy) is 1. The minimum Gasteiger partial charge on any atom is -0.482 e. The molecule has 0 bridgehead atoms. The molecule has 1 aromatic heterocycles. The molecule has 7 heteroatoms. The van der Waals surface area contributed by atoms with E-state index < -0.39 is 0 Å². The third kappa shape index (κ3) is 5.03. The third-order valence-electron chi connectivity index (χ3n) is 4.92. The van der Waals surface area contributed by atoms with Crippen LogP contribution in [-0.2, 0) is 11.8 Å². The van der Waals surface area contributed by atoms with Gasteiger partial charge in [-0.2, -0.15) is 0 Å². The molecule has 0 saturated heterocycles. The SMILES string of the molecule is Cc1ccc(OC(C)c2nnc(SCC(=O)NC3CCCC3)n2C)c(C)c1. The summed E-state index contributed by atoms with van der Waals surface area (Å²) in [5.41, 5.74) is 2.31. The van der Waals surface area contributed by atoms with Gasteiger partial charge in [0.15, 0.2) is 17.1 Å². The first kappa shape index (κ1) is 19.7. The molecule has 1 fully saturated rings. The van der Waals surface area contributed by atoms with Gasteiger partial charge in [-0.1, -0.05) is 42.3 Å². The lowest BCUT2D eigenvalue weighted by Crippen LogP contribution is -2.33. The Balaban J connectivity index is 1.57. The second-order valence-corrected chi connectivity index (χ2v) is 8.21. The topological polar surface area (TPSA) is 69.0 Å².